The number of fused-ring (bicyclic) bond motifs is 5. The number of ether oxygens (including phenoxy) is 3. The number of alkyl carbamates (subject to hydrolysis) is 1. The SMILES string of the molecule is C=C[C@@H]1C[C@]1(NC(=O)[C@@H]1C[C@@H]2CN1C(=O)[C@H](C1CCCC1)NC(=O)OCC(C)(C)C/C=C/c1cc3c(nc4cc(C#N)ccc4c3cc1OC)O2)C(=O)NS(=O)(=O)C1CC1. The van der Waals surface area contributed by atoms with Gasteiger partial charge in [0.05, 0.1) is 42.7 Å². The van der Waals surface area contributed by atoms with E-state index < -0.39 is 74.1 Å². The summed E-state index contributed by atoms with van der Waals surface area (Å²) in [5, 5.41) is 16.9. The Kier molecular flexibility index (Phi) is 10.8. The van der Waals surface area contributed by atoms with E-state index in [4.69, 9.17) is 19.2 Å². The normalized spacial score (nSPS) is 27.5. The smallest absolute Gasteiger partial charge is 0.407 e. The van der Waals surface area contributed by atoms with Crippen LogP contribution in [0.1, 0.15) is 82.8 Å². The number of nitrogens with zero attached hydrogens (tertiary/aromatic N) is 3. The molecule has 1 aromatic heterocycles. The molecular weight excluding hydrogens is 789 g/mol. The second-order valence-electron chi connectivity index (χ2n) is 17.6. The molecule has 3 saturated carbocycles. The number of methoxy groups -OCH3 is 1. The van der Waals surface area contributed by atoms with Gasteiger partial charge in [0.25, 0.3) is 5.91 Å². The van der Waals surface area contributed by atoms with E-state index in [-0.39, 0.29) is 37.8 Å². The Hall–Kier alpha value is -5.69. The third kappa shape index (κ3) is 7.99. The van der Waals surface area contributed by atoms with E-state index in [0.717, 1.165) is 29.2 Å². The number of nitriles is 1. The Bertz CT molecular complexity index is 2470. The topological polar surface area (TPSA) is 206 Å². The molecular formula is C44H50N6O9S. The predicted molar refractivity (Wildman–Crippen MR) is 222 cm³/mol. The third-order valence-corrected chi connectivity index (χ3v) is 14.4. The molecule has 16 heteroatoms. The largest absolute Gasteiger partial charge is 0.496 e. The summed E-state index contributed by atoms with van der Waals surface area (Å²) in [6.45, 7) is 7.73. The lowest BCUT2D eigenvalue weighted by molar-refractivity contribution is -0.142. The molecule has 2 aliphatic heterocycles. The first-order valence-corrected chi connectivity index (χ1v) is 22.1. The molecule has 4 fully saturated rings. The lowest BCUT2D eigenvalue weighted by Crippen LogP contribution is -2.59. The van der Waals surface area contributed by atoms with Crippen molar-refractivity contribution in [3.63, 3.8) is 0 Å². The van der Waals surface area contributed by atoms with Crippen molar-refractivity contribution in [1.29, 1.82) is 5.26 Å². The molecule has 5 atom stereocenters. The maximum atomic E-state index is 14.9. The van der Waals surface area contributed by atoms with Gasteiger partial charge in [-0.15, -0.1) is 6.58 Å². The summed E-state index contributed by atoms with van der Waals surface area (Å²) in [5.41, 5.74) is -0.451. The van der Waals surface area contributed by atoms with Gasteiger partial charge in [-0.1, -0.05) is 51.0 Å². The van der Waals surface area contributed by atoms with E-state index in [1.54, 1.807) is 19.2 Å². The second kappa shape index (κ2) is 15.7. The summed E-state index contributed by atoms with van der Waals surface area (Å²) in [7, 11) is -2.35. The van der Waals surface area contributed by atoms with Crippen molar-refractivity contribution in [2.24, 2.45) is 17.3 Å². The molecule has 8 rings (SSSR count). The summed E-state index contributed by atoms with van der Waals surface area (Å²) >= 11 is 0. The molecule has 5 aliphatic rings. The highest BCUT2D eigenvalue weighted by Gasteiger charge is 2.62. The molecule has 0 unspecified atom stereocenters. The van der Waals surface area contributed by atoms with Crippen molar-refractivity contribution in [2.75, 3.05) is 20.3 Å². The molecule has 0 radical (unpaired) electrons. The Morgan fingerprint density at radius 1 is 1.10 bits per heavy atom. The van der Waals surface area contributed by atoms with Crippen LogP contribution in [0.15, 0.2) is 49.1 Å². The van der Waals surface area contributed by atoms with Gasteiger partial charge in [-0.05, 0) is 68.7 Å². The molecule has 3 aliphatic carbocycles. The number of amides is 4. The van der Waals surface area contributed by atoms with Crippen molar-refractivity contribution in [3.8, 4) is 17.7 Å². The van der Waals surface area contributed by atoms with Crippen molar-refractivity contribution in [2.45, 2.75) is 101 Å². The van der Waals surface area contributed by atoms with E-state index in [1.807, 2.05) is 44.2 Å². The zero-order valence-electron chi connectivity index (χ0n) is 34.0. The fraction of sp³-hybridized carbons (Fsp3) is 0.500. The standard InChI is InChI=1S/C44H50N6O9S/c1-5-28-21-44(28,41(53)49-60(55,56)30-13-14-30)48-38(51)35-19-29-23-50(35)40(52)37(26-9-6-7-10-26)47-42(54)58-24-43(2,3)16-8-11-27-18-33-32(20-36(27)57-4)31-15-12-25(22-45)17-34(31)46-39(33)59-29/h5,8,11-12,15,17-18,20,26,28-30,35,37H,1,6-7,9-10,13-14,16,19,21,23-24H2,2-4H3,(H,47,54)(H,48,51)(H,49,53)/b11-8+/t28-,29-,35+,37+,44-/m1/s1. The van der Waals surface area contributed by atoms with Crippen LogP contribution in [0.4, 0.5) is 4.79 Å². The van der Waals surface area contributed by atoms with Gasteiger partial charge in [0.15, 0.2) is 0 Å². The number of carbonyl (C=O) groups is 4. The number of aromatic nitrogens is 1. The van der Waals surface area contributed by atoms with Crippen LogP contribution in [0, 0.1) is 28.6 Å². The first-order chi connectivity index (χ1) is 28.6. The van der Waals surface area contributed by atoms with E-state index in [0.29, 0.717) is 54.3 Å². The average Bonchev–Trinajstić information content (AvgIpc) is 4.10. The van der Waals surface area contributed by atoms with Crippen molar-refractivity contribution < 1.29 is 41.8 Å². The van der Waals surface area contributed by atoms with Crippen LogP contribution in [0.2, 0.25) is 0 Å². The van der Waals surface area contributed by atoms with E-state index in [2.05, 4.69) is 28.0 Å². The van der Waals surface area contributed by atoms with Gasteiger partial charge in [-0.25, -0.2) is 18.2 Å². The zero-order valence-corrected chi connectivity index (χ0v) is 34.8. The van der Waals surface area contributed by atoms with Crippen LogP contribution in [0.25, 0.3) is 27.8 Å². The second-order valence-corrected chi connectivity index (χ2v) is 19.5. The molecule has 3 aromatic rings. The molecule has 316 valence electrons. The lowest BCUT2D eigenvalue weighted by Gasteiger charge is -2.32. The Balaban J connectivity index is 1.21. The quantitative estimate of drug-likeness (QED) is 0.203. The fourth-order valence-corrected chi connectivity index (χ4v) is 10.2. The highest BCUT2D eigenvalue weighted by Crippen LogP contribution is 2.46. The Morgan fingerprint density at radius 2 is 1.87 bits per heavy atom. The molecule has 4 amide bonds. The Labute approximate surface area is 348 Å². The van der Waals surface area contributed by atoms with Crippen LogP contribution < -0.4 is 24.8 Å². The maximum absolute atomic E-state index is 14.9. The summed E-state index contributed by atoms with van der Waals surface area (Å²) in [4.78, 5) is 62.9. The van der Waals surface area contributed by atoms with Gasteiger partial charge in [0.1, 0.15) is 29.5 Å². The number of hydrogen-bond acceptors (Lipinski definition) is 11. The first-order valence-electron chi connectivity index (χ1n) is 20.6. The lowest BCUT2D eigenvalue weighted by atomic mass is 9.90. The fourth-order valence-electron chi connectivity index (χ4n) is 8.88. The minimum Gasteiger partial charge on any atom is -0.496 e. The van der Waals surface area contributed by atoms with Crippen LogP contribution in [0.5, 0.6) is 11.6 Å². The number of allylic oxidation sites excluding steroid dienone is 1. The average molecular weight is 839 g/mol. The maximum Gasteiger partial charge on any atom is 0.407 e. The van der Waals surface area contributed by atoms with Gasteiger partial charge in [0, 0.05) is 39.5 Å². The molecule has 3 N–H and O–H groups in total. The summed E-state index contributed by atoms with van der Waals surface area (Å²) < 4.78 is 46.2. The number of rotatable bonds is 8. The summed E-state index contributed by atoms with van der Waals surface area (Å²) in [6, 6.07) is 8.97. The number of pyridine rings is 1. The molecule has 4 bridgehead atoms. The van der Waals surface area contributed by atoms with Gasteiger partial charge in [-0.3, -0.25) is 19.1 Å². The van der Waals surface area contributed by atoms with Crippen molar-refractivity contribution in [3.05, 3.63) is 60.2 Å². The van der Waals surface area contributed by atoms with E-state index >= 15 is 0 Å². The minimum atomic E-state index is -3.93. The van der Waals surface area contributed by atoms with Gasteiger partial charge >= 0.3 is 6.09 Å². The highest BCUT2D eigenvalue weighted by molar-refractivity contribution is 7.91. The van der Waals surface area contributed by atoms with Crippen LogP contribution in [0.3, 0.4) is 0 Å². The minimum absolute atomic E-state index is 0.0210. The van der Waals surface area contributed by atoms with Gasteiger partial charge in [-0.2, -0.15) is 5.26 Å². The monoisotopic (exact) mass is 838 g/mol. The van der Waals surface area contributed by atoms with E-state index in [1.165, 1.54) is 11.0 Å². The first kappa shape index (κ1) is 41.1. The van der Waals surface area contributed by atoms with Crippen molar-refractivity contribution >= 4 is 61.6 Å². The van der Waals surface area contributed by atoms with Crippen LogP contribution in [-0.4, -0.2) is 91.4 Å². The number of cyclic esters (lactones) is 1. The number of sulfonamides is 1. The summed E-state index contributed by atoms with van der Waals surface area (Å²) in [5.74, 6) is -2.00. The molecule has 0 spiro atoms. The van der Waals surface area contributed by atoms with Crippen LogP contribution in [-0.2, 0) is 29.1 Å². The number of hydrogen-bond donors (Lipinski definition) is 3. The highest BCUT2D eigenvalue weighted by atomic mass is 32.2. The Morgan fingerprint density at radius 3 is 2.55 bits per heavy atom. The molecule has 2 aromatic carbocycles. The molecule has 60 heavy (non-hydrogen) atoms. The van der Waals surface area contributed by atoms with Gasteiger partial charge in [0.2, 0.25) is 27.7 Å². The van der Waals surface area contributed by atoms with Crippen LogP contribution >= 0.6 is 0 Å². The predicted octanol–water partition coefficient (Wildman–Crippen LogP) is 5.01. The molecule has 15 nitrogen and oxygen atoms in total. The number of nitrogens with one attached hydrogen (secondary N) is 3. The molecule has 3 heterocycles. The number of benzene rings is 2. The van der Waals surface area contributed by atoms with Gasteiger partial charge < -0.3 is 29.7 Å². The van der Waals surface area contributed by atoms with Crippen molar-refractivity contribution in [1.82, 2.24) is 25.2 Å². The zero-order chi connectivity index (χ0) is 42.6. The number of carbonyl (C=O) groups excluding carboxylic acids is 4. The van der Waals surface area contributed by atoms with E-state index in [9.17, 15) is 32.9 Å². The molecule has 1 saturated heterocycles. The summed E-state index contributed by atoms with van der Waals surface area (Å²) in [6.07, 6.45) is 8.49. The third-order valence-electron chi connectivity index (χ3n) is 12.6.